The van der Waals surface area contributed by atoms with Crippen LogP contribution in [-0.2, 0) is 21.7 Å². The van der Waals surface area contributed by atoms with Gasteiger partial charge in [-0.1, -0.05) is 97.4 Å². The van der Waals surface area contributed by atoms with Gasteiger partial charge in [0.2, 0.25) is 0 Å². The second kappa shape index (κ2) is 11.6. The first-order valence-corrected chi connectivity index (χ1v) is 13.2. The molecule has 34 heavy (non-hydrogen) atoms. The van der Waals surface area contributed by atoms with Crippen molar-refractivity contribution < 1.29 is 9.47 Å². The Balaban J connectivity index is 2.15. The summed E-state index contributed by atoms with van der Waals surface area (Å²) in [5.74, 6) is -0.639. The summed E-state index contributed by atoms with van der Waals surface area (Å²) in [7, 11) is 3.63. The van der Waals surface area contributed by atoms with Gasteiger partial charge in [-0.3, -0.25) is 0 Å². The second-order valence-electron chi connectivity index (χ2n) is 10.8. The minimum atomic E-state index is -0.837. The number of ether oxygens (including phenoxy) is 2. The zero-order valence-corrected chi connectivity index (χ0v) is 22.5. The lowest BCUT2D eigenvalue weighted by molar-refractivity contribution is -0.269. The Morgan fingerprint density at radius 3 is 2.15 bits per heavy atom. The number of fused-ring (bicyclic) bond motifs is 2. The van der Waals surface area contributed by atoms with Crippen molar-refractivity contribution in [3.8, 4) is 0 Å². The summed E-state index contributed by atoms with van der Waals surface area (Å²) in [6.45, 7) is 11.5. The van der Waals surface area contributed by atoms with Gasteiger partial charge in [-0.2, -0.15) is 0 Å². The molecule has 3 aromatic rings. The molecule has 1 atom stereocenters. The smallest absolute Gasteiger partial charge is 0.198 e. The van der Waals surface area contributed by atoms with Crippen LogP contribution in [0.3, 0.4) is 0 Å². The van der Waals surface area contributed by atoms with Crippen LogP contribution in [0.2, 0.25) is 0 Å². The highest BCUT2D eigenvalue weighted by atomic mass is 16.7. The molecule has 0 saturated carbocycles. The molecule has 3 heteroatoms. The fourth-order valence-corrected chi connectivity index (χ4v) is 5.67. The molecular formula is C31H45NO2. The third-order valence-corrected chi connectivity index (χ3v) is 7.47. The summed E-state index contributed by atoms with van der Waals surface area (Å²) in [5, 5.41) is 2.28. The van der Waals surface area contributed by atoms with E-state index < -0.39 is 5.79 Å². The van der Waals surface area contributed by atoms with Gasteiger partial charge in [-0.25, -0.2) is 4.98 Å². The Labute approximate surface area is 207 Å². The van der Waals surface area contributed by atoms with Crippen molar-refractivity contribution in [2.24, 2.45) is 11.3 Å². The molecule has 1 heterocycles. The summed E-state index contributed by atoms with van der Waals surface area (Å²) in [4.78, 5) is 5.01. The van der Waals surface area contributed by atoms with E-state index in [-0.39, 0.29) is 11.3 Å². The van der Waals surface area contributed by atoms with Crippen molar-refractivity contribution in [3.63, 3.8) is 0 Å². The Kier molecular flexibility index (Phi) is 9.12. The number of rotatable bonds is 12. The van der Waals surface area contributed by atoms with Gasteiger partial charge < -0.3 is 9.47 Å². The number of methoxy groups -OCH3 is 2. The molecule has 0 radical (unpaired) electrons. The van der Waals surface area contributed by atoms with Gasteiger partial charge in [-0.05, 0) is 42.0 Å². The molecule has 0 spiro atoms. The van der Waals surface area contributed by atoms with Gasteiger partial charge in [0.1, 0.15) is 0 Å². The van der Waals surface area contributed by atoms with E-state index >= 15 is 0 Å². The number of para-hydroxylation sites is 1. The van der Waals surface area contributed by atoms with Crippen LogP contribution >= 0.6 is 0 Å². The molecule has 0 aliphatic carbocycles. The van der Waals surface area contributed by atoms with Crippen LogP contribution in [0.1, 0.15) is 90.7 Å². The van der Waals surface area contributed by atoms with Crippen molar-refractivity contribution in [2.75, 3.05) is 14.2 Å². The standard InChI is InChI=1S/C31H45NO2/c1-8-10-11-12-13-14-19-28(30(3,4)5)31(33-6,34-7)29-23(9-2)20-21-27-25(29)22-24-17-15-16-18-26(24)32-27/h15-18,20-22,28H,8-14,19H2,1-7H3. The molecule has 1 aromatic heterocycles. The maximum atomic E-state index is 6.47. The summed E-state index contributed by atoms with van der Waals surface area (Å²) in [6, 6.07) is 15.0. The fraction of sp³-hybridized carbons (Fsp3) is 0.581. The zero-order valence-electron chi connectivity index (χ0n) is 22.5. The number of benzene rings is 2. The van der Waals surface area contributed by atoms with Gasteiger partial charge in [0.05, 0.1) is 11.0 Å². The monoisotopic (exact) mass is 463 g/mol. The number of nitrogens with zero attached hydrogens (tertiary/aromatic N) is 1. The maximum Gasteiger partial charge on any atom is 0.198 e. The second-order valence-corrected chi connectivity index (χ2v) is 10.8. The first-order valence-electron chi connectivity index (χ1n) is 13.2. The Bertz CT molecular complexity index is 1060. The van der Waals surface area contributed by atoms with E-state index in [2.05, 4.69) is 71.0 Å². The van der Waals surface area contributed by atoms with E-state index in [4.69, 9.17) is 14.5 Å². The van der Waals surface area contributed by atoms with Crippen LogP contribution < -0.4 is 0 Å². The number of unbranched alkanes of at least 4 members (excludes halogenated alkanes) is 5. The van der Waals surface area contributed by atoms with E-state index in [0.29, 0.717) is 0 Å². The summed E-state index contributed by atoms with van der Waals surface area (Å²) < 4.78 is 12.9. The van der Waals surface area contributed by atoms with Crippen LogP contribution in [0, 0.1) is 11.3 Å². The minimum Gasteiger partial charge on any atom is -0.349 e. The van der Waals surface area contributed by atoms with Gasteiger partial charge in [-0.15, -0.1) is 0 Å². The molecule has 3 nitrogen and oxygen atoms in total. The number of hydrogen-bond acceptors (Lipinski definition) is 3. The highest BCUT2D eigenvalue weighted by molar-refractivity contribution is 5.95. The average molecular weight is 464 g/mol. The third-order valence-electron chi connectivity index (χ3n) is 7.47. The van der Waals surface area contributed by atoms with Crippen molar-refractivity contribution in [1.29, 1.82) is 0 Å². The molecule has 0 saturated heterocycles. The van der Waals surface area contributed by atoms with E-state index in [9.17, 15) is 0 Å². The van der Waals surface area contributed by atoms with E-state index in [1.807, 2.05) is 20.3 Å². The molecular weight excluding hydrogens is 418 g/mol. The summed E-state index contributed by atoms with van der Waals surface area (Å²) in [5.41, 5.74) is 4.45. The van der Waals surface area contributed by atoms with Crippen LogP contribution in [0.4, 0.5) is 0 Å². The number of pyridine rings is 1. The molecule has 0 aliphatic rings. The van der Waals surface area contributed by atoms with Gasteiger partial charge in [0.25, 0.3) is 0 Å². The maximum absolute atomic E-state index is 6.47. The molecule has 0 bridgehead atoms. The van der Waals surface area contributed by atoms with Gasteiger partial charge in [0, 0.05) is 36.5 Å². The van der Waals surface area contributed by atoms with Crippen LogP contribution in [0.15, 0.2) is 42.5 Å². The van der Waals surface area contributed by atoms with Crippen molar-refractivity contribution in [2.45, 2.75) is 91.8 Å². The third kappa shape index (κ3) is 5.47. The Morgan fingerprint density at radius 1 is 0.824 bits per heavy atom. The number of aromatic nitrogens is 1. The zero-order chi connectivity index (χ0) is 24.8. The van der Waals surface area contributed by atoms with Crippen molar-refractivity contribution in [3.05, 3.63) is 53.6 Å². The summed E-state index contributed by atoms with van der Waals surface area (Å²) >= 11 is 0. The van der Waals surface area contributed by atoms with E-state index in [1.54, 1.807) is 0 Å². The Morgan fingerprint density at radius 2 is 1.50 bits per heavy atom. The normalized spacial score (nSPS) is 13.6. The molecule has 2 aromatic carbocycles. The van der Waals surface area contributed by atoms with E-state index in [1.165, 1.54) is 44.1 Å². The topological polar surface area (TPSA) is 31.4 Å². The SMILES string of the molecule is CCCCCCCCC(C(C)(C)C)C(OC)(OC)c1c(CC)ccc2nc3ccccc3cc12. The number of hydrogen-bond donors (Lipinski definition) is 0. The Hall–Kier alpha value is -1.97. The predicted octanol–water partition coefficient (Wildman–Crippen LogP) is 8.81. The molecule has 1 unspecified atom stereocenters. The van der Waals surface area contributed by atoms with Crippen LogP contribution in [0.25, 0.3) is 21.8 Å². The van der Waals surface area contributed by atoms with Gasteiger partial charge >= 0.3 is 0 Å². The van der Waals surface area contributed by atoms with Crippen molar-refractivity contribution >= 4 is 21.8 Å². The molecule has 0 aliphatic heterocycles. The number of aryl methyl sites for hydroxylation is 1. The van der Waals surface area contributed by atoms with Crippen molar-refractivity contribution in [1.82, 2.24) is 4.98 Å². The van der Waals surface area contributed by atoms with Crippen LogP contribution in [0.5, 0.6) is 0 Å². The van der Waals surface area contributed by atoms with Gasteiger partial charge in [0.15, 0.2) is 5.79 Å². The van der Waals surface area contributed by atoms with Crippen LogP contribution in [-0.4, -0.2) is 19.2 Å². The highest BCUT2D eigenvalue weighted by Crippen LogP contribution is 2.49. The fourth-order valence-electron chi connectivity index (χ4n) is 5.67. The average Bonchev–Trinajstić information content (AvgIpc) is 2.83. The summed E-state index contributed by atoms with van der Waals surface area (Å²) in [6.07, 6.45) is 9.69. The molecule has 186 valence electrons. The minimum absolute atomic E-state index is 0.00684. The lowest BCUT2D eigenvalue weighted by atomic mass is 9.69. The molecule has 0 fully saturated rings. The first-order chi connectivity index (χ1) is 16.3. The molecule has 0 amide bonds. The predicted molar refractivity (Wildman–Crippen MR) is 145 cm³/mol. The lowest BCUT2D eigenvalue weighted by Crippen LogP contribution is -2.46. The molecule has 0 N–H and O–H groups in total. The largest absolute Gasteiger partial charge is 0.349 e. The van der Waals surface area contributed by atoms with E-state index in [0.717, 1.165) is 40.2 Å². The quantitative estimate of drug-likeness (QED) is 0.153. The highest BCUT2D eigenvalue weighted by Gasteiger charge is 2.48. The lowest BCUT2D eigenvalue weighted by Gasteiger charge is -2.46. The first kappa shape index (κ1) is 26.6. The molecule has 3 rings (SSSR count).